The monoisotopic (exact) mass is 375 g/mol. The molecule has 6 heteroatoms. The normalized spacial score (nSPS) is 17.9. The minimum atomic E-state index is 0.186. The zero-order valence-corrected chi connectivity index (χ0v) is 16.4. The number of nitrogens with zero attached hydrogens (tertiary/aromatic N) is 4. The summed E-state index contributed by atoms with van der Waals surface area (Å²) in [5.74, 6) is 0.186. The summed E-state index contributed by atoms with van der Waals surface area (Å²) < 4.78 is 2.04. The van der Waals surface area contributed by atoms with Crippen molar-refractivity contribution in [3.63, 3.8) is 0 Å². The van der Waals surface area contributed by atoms with E-state index in [-0.39, 0.29) is 5.91 Å². The molecular formula is C22H25N5O. The Balaban J connectivity index is 1.47. The molecule has 0 spiro atoms. The molecule has 1 aromatic carbocycles. The summed E-state index contributed by atoms with van der Waals surface area (Å²) in [4.78, 5) is 24.4. The maximum atomic E-state index is 13.1. The van der Waals surface area contributed by atoms with Gasteiger partial charge in [-0.1, -0.05) is 6.07 Å². The number of hydrogen-bond donors (Lipinski definition) is 1. The lowest BCUT2D eigenvalue weighted by Gasteiger charge is -2.37. The van der Waals surface area contributed by atoms with Gasteiger partial charge in [-0.05, 0) is 63.9 Å². The van der Waals surface area contributed by atoms with Crippen molar-refractivity contribution < 1.29 is 4.79 Å². The Kier molecular flexibility index (Phi) is 4.16. The minimum absolute atomic E-state index is 0.186. The van der Waals surface area contributed by atoms with Crippen molar-refractivity contribution in [2.75, 3.05) is 19.6 Å². The predicted molar refractivity (Wildman–Crippen MR) is 109 cm³/mol. The van der Waals surface area contributed by atoms with Crippen LogP contribution in [0.5, 0.6) is 0 Å². The molecule has 4 heterocycles. The van der Waals surface area contributed by atoms with Gasteiger partial charge in [0.15, 0.2) is 5.65 Å². The van der Waals surface area contributed by atoms with Gasteiger partial charge in [-0.15, -0.1) is 0 Å². The van der Waals surface area contributed by atoms with E-state index in [9.17, 15) is 4.79 Å². The molecule has 0 radical (unpaired) electrons. The number of aromatic nitrogens is 3. The third-order valence-corrected chi connectivity index (χ3v) is 5.99. The van der Waals surface area contributed by atoms with Crippen LogP contribution in [0, 0.1) is 13.8 Å². The van der Waals surface area contributed by atoms with Crippen molar-refractivity contribution in [1.29, 1.82) is 0 Å². The molecule has 0 saturated carbocycles. The number of carbonyl (C=O) groups is 1. The first kappa shape index (κ1) is 17.4. The third kappa shape index (κ3) is 2.88. The van der Waals surface area contributed by atoms with Crippen molar-refractivity contribution in [3.05, 3.63) is 53.1 Å². The van der Waals surface area contributed by atoms with Crippen LogP contribution in [0.25, 0.3) is 16.9 Å². The Hall–Kier alpha value is -2.73. The summed E-state index contributed by atoms with van der Waals surface area (Å²) in [5, 5.41) is 3.38. The van der Waals surface area contributed by atoms with Gasteiger partial charge in [0, 0.05) is 36.1 Å². The van der Waals surface area contributed by atoms with Gasteiger partial charge in [0.2, 0.25) is 0 Å². The first-order valence-corrected chi connectivity index (χ1v) is 10.1. The molecule has 5 rings (SSSR count). The van der Waals surface area contributed by atoms with Crippen LogP contribution in [0.15, 0.2) is 30.6 Å². The Morgan fingerprint density at radius 3 is 2.75 bits per heavy atom. The first-order chi connectivity index (χ1) is 13.6. The number of hydrogen-bond acceptors (Lipinski definition) is 4. The van der Waals surface area contributed by atoms with E-state index in [4.69, 9.17) is 4.98 Å². The van der Waals surface area contributed by atoms with Crippen molar-refractivity contribution in [1.82, 2.24) is 24.6 Å². The maximum Gasteiger partial charge on any atom is 0.254 e. The molecule has 1 fully saturated rings. The summed E-state index contributed by atoms with van der Waals surface area (Å²) in [6.45, 7) is 6.79. The number of nitrogens with one attached hydrogen (secondary N) is 1. The highest BCUT2D eigenvalue weighted by atomic mass is 16.2. The number of imidazole rings is 1. The molecule has 2 aliphatic rings. The topological polar surface area (TPSA) is 62.5 Å². The first-order valence-electron chi connectivity index (χ1n) is 10.1. The second kappa shape index (κ2) is 6.71. The largest absolute Gasteiger partial charge is 0.335 e. The lowest BCUT2D eigenvalue weighted by atomic mass is 9.93. The number of carbonyl (C=O) groups excluding carboxylic acids is 1. The molecule has 1 saturated heterocycles. The van der Waals surface area contributed by atoms with Crippen molar-refractivity contribution in [2.24, 2.45) is 0 Å². The summed E-state index contributed by atoms with van der Waals surface area (Å²) >= 11 is 0. The lowest BCUT2D eigenvalue weighted by Crippen LogP contribution is -2.49. The number of fused-ring (bicyclic) bond motifs is 2. The second-order valence-corrected chi connectivity index (χ2v) is 7.93. The Morgan fingerprint density at radius 1 is 1.11 bits per heavy atom. The summed E-state index contributed by atoms with van der Waals surface area (Å²) in [7, 11) is 0. The molecular weight excluding hydrogens is 350 g/mol. The molecule has 0 unspecified atom stereocenters. The fourth-order valence-corrected chi connectivity index (χ4v) is 4.58. The van der Waals surface area contributed by atoms with E-state index >= 15 is 0 Å². The van der Waals surface area contributed by atoms with E-state index in [2.05, 4.69) is 21.3 Å². The van der Waals surface area contributed by atoms with Crippen LogP contribution in [0.3, 0.4) is 0 Å². The fraction of sp³-hybridized carbons (Fsp3) is 0.409. The van der Waals surface area contributed by atoms with Crippen LogP contribution in [0.4, 0.5) is 0 Å². The number of aryl methyl sites for hydroxylation is 2. The molecule has 28 heavy (non-hydrogen) atoms. The molecule has 6 nitrogen and oxygen atoms in total. The van der Waals surface area contributed by atoms with Crippen LogP contribution in [0.2, 0.25) is 0 Å². The molecule has 2 aliphatic heterocycles. The van der Waals surface area contributed by atoms with Crippen LogP contribution in [-0.4, -0.2) is 50.9 Å². The van der Waals surface area contributed by atoms with E-state index in [1.807, 2.05) is 42.8 Å². The van der Waals surface area contributed by atoms with E-state index in [0.717, 1.165) is 78.3 Å². The molecule has 0 bridgehead atoms. The van der Waals surface area contributed by atoms with Crippen molar-refractivity contribution >= 4 is 11.6 Å². The van der Waals surface area contributed by atoms with Crippen molar-refractivity contribution in [2.45, 2.75) is 39.2 Å². The highest BCUT2D eigenvalue weighted by molar-refractivity contribution is 5.97. The van der Waals surface area contributed by atoms with E-state index in [0.29, 0.717) is 6.04 Å². The van der Waals surface area contributed by atoms with Gasteiger partial charge in [-0.2, -0.15) is 0 Å². The van der Waals surface area contributed by atoms with Gasteiger partial charge in [0.05, 0.1) is 17.1 Å². The van der Waals surface area contributed by atoms with E-state index in [1.165, 1.54) is 0 Å². The average Bonchev–Trinajstić information content (AvgIpc) is 3.13. The van der Waals surface area contributed by atoms with Gasteiger partial charge in [-0.25, -0.2) is 4.98 Å². The molecule has 144 valence electrons. The summed E-state index contributed by atoms with van der Waals surface area (Å²) in [6.07, 6.45) is 7.05. The predicted octanol–water partition coefficient (Wildman–Crippen LogP) is 2.76. The molecule has 3 aromatic rings. The number of benzene rings is 1. The second-order valence-electron chi connectivity index (χ2n) is 7.93. The fourth-order valence-electron chi connectivity index (χ4n) is 4.58. The smallest absolute Gasteiger partial charge is 0.254 e. The van der Waals surface area contributed by atoms with Gasteiger partial charge in [-0.3, -0.25) is 9.78 Å². The van der Waals surface area contributed by atoms with Crippen molar-refractivity contribution in [3.8, 4) is 11.3 Å². The van der Waals surface area contributed by atoms with Gasteiger partial charge in [0.1, 0.15) is 0 Å². The van der Waals surface area contributed by atoms with Crippen LogP contribution < -0.4 is 5.32 Å². The highest BCUT2D eigenvalue weighted by Gasteiger charge is 2.30. The number of piperidine rings is 1. The molecule has 1 amide bonds. The summed E-state index contributed by atoms with van der Waals surface area (Å²) in [6, 6.07) is 6.53. The SMILES string of the molecule is Cc1cn2cc(-c3ccc4c(c3)CCN(C3CCNCC3)C4=O)nc2c(C)n1. The standard InChI is InChI=1S/C22H25N5O/c1-14-12-26-13-20(25-21(26)15(2)24-14)17-3-4-19-16(11-17)7-10-27(22(19)28)18-5-8-23-9-6-18/h3-4,11-13,18,23H,5-10H2,1-2H3. The van der Waals surface area contributed by atoms with E-state index < -0.39 is 0 Å². The number of rotatable bonds is 2. The van der Waals surface area contributed by atoms with Gasteiger partial charge in [0.25, 0.3) is 5.91 Å². The van der Waals surface area contributed by atoms with Gasteiger partial charge < -0.3 is 14.6 Å². The minimum Gasteiger partial charge on any atom is -0.335 e. The van der Waals surface area contributed by atoms with Crippen LogP contribution in [0.1, 0.15) is 40.2 Å². The Labute approximate surface area is 164 Å². The zero-order chi connectivity index (χ0) is 19.3. The molecule has 2 aromatic heterocycles. The average molecular weight is 375 g/mol. The van der Waals surface area contributed by atoms with Crippen LogP contribution >= 0.6 is 0 Å². The third-order valence-electron chi connectivity index (χ3n) is 5.99. The molecule has 0 aliphatic carbocycles. The molecule has 1 N–H and O–H groups in total. The molecule has 0 atom stereocenters. The summed E-state index contributed by atoms with van der Waals surface area (Å²) in [5.41, 5.74) is 6.75. The van der Waals surface area contributed by atoms with Crippen LogP contribution in [-0.2, 0) is 6.42 Å². The quantitative estimate of drug-likeness (QED) is 0.748. The number of amides is 1. The van der Waals surface area contributed by atoms with Gasteiger partial charge >= 0.3 is 0 Å². The Bertz CT molecular complexity index is 1060. The van der Waals surface area contributed by atoms with E-state index in [1.54, 1.807) is 0 Å². The highest BCUT2D eigenvalue weighted by Crippen LogP contribution is 2.28. The Morgan fingerprint density at radius 2 is 1.93 bits per heavy atom. The lowest BCUT2D eigenvalue weighted by molar-refractivity contribution is 0.0623. The maximum absolute atomic E-state index is 13.1. The zero-order valence-electron chi connectivity index (χ0n) is 16.4.